The van der Waals surface area contributed by atoms with Crippen LogP contribution < -0.4 is 10.6 Å². The Balaban J connectivity index is 1.83. The van der Waals surface area contributed by atoms with Crippen molar-refractivity contribution in [3.63, 3.8) is 0 Å². The number of anilines is 1. The molecule has 1 aromatic rings. The Morgan fingerprint density at radius 2 is 1.85 bits per heavy atom. The first kappa shape index (κ1) is 13.8. The van der Waals surface area contributed by atoms with Gasteiger partial charge in [-0.05, 0) is 43.6 Å². The zero-order chi connectivity index (χ0) is 14.1. The highest BCUT2D eigenvalue weighted by molar-refractivity contribution is 5.35. The van der Waals surface area contributed by atoms with E-state index in [-0.39, 0.29) is 0 Å². The maximum atomic E-state index is 6.30. The van der Waals surface area contributed by atoms with Gasteiger partial charge in [0.05, 0.1) is 0 Å². The summed E-state index contributed by atoms with van der Waals surface area (Å²) in [6.45, 7) is 6.45. The van der Waals surface area contributed by atoms with E-state index in [4.69, 9.17) is 15.7 Å². The third-order valence-corrected chi connectivity index (χ3v) is 4.98. The molecule has 2 fully saturated rings. The molecule has 3 rings (SSSR count). The number of hydrogen-bond donors (Lipinski definition) is 1. The molecule has 0 spiro atoms. The monoisotopic (exact) mass is 274 g/mol. The molecule has 20 heavy (non-hydrogen) atoms. The van der Waals surface area contributed by atoms with Crippen molar-refractivity contribution in [3.8, 4) is 0 Å². The smallest absolute Gasteiger partial charge is 0.225 e. The van der Waals surface area contributed by atoms with Gasteiger partial charge in [-0.1, -0.05) is 20.3 Å². The van der Waals surface area contributed by atoms with Crippen LogP contribution in [0.25, 0.3) is 0 Å². The summed E-state index contributed by atoms with van der Waals surface area (Å²) in [5.74, 6) is 2.32. The molecule has 2 N–H and O–H groups in total. The predicted molar refractivity (Wildman–Crippen MR) is 81.8 cm³/mol. The van der Waals surface area contributed by atoms with E-state index in [0.717, 1.165) is 49.2 Å². The summed E-state index contributed by atoms with van der Waals surface area (Å²) >= 11 is 0. The van der Waals surface area contributed by atoms with Crippen molar-refractivity contribution in [2.75, 3.05) is 18.0 Å². The number of aromatic nitrogens is 2. The van der Waals surface area contributed by atoms with Crippen molar-refractivity contribution in [2.45, 2.75) is 52.0 Å². The van der Waals surface area contributed by atoms with Crippen LogP contribution in [0.5, 0.6) is 0 Å². The molecule has 0 bridgehead atoms. The summed E-state index contributed by atoms with van der Waals surface area (Å²) in [6, 6.07) is 2.51. The van der Waals surface area contributed by atoms with Crippen LogP contribution in [0.2, 0.25) is 0 Å². The number of fused-ring (bicyclic) bond motifs is 1. The minimum atomic E-state index is 0.374. The van der Waals surface area contributed by atoms with E-state index in [1.807, 2.05) is 0 Å². The minimum absolute atomic E-state index is 0.374. The van der Waals surface area contributed by atoms with E-state index < -0.39 is 0 Å². The second kappa shape index (κ2) is 5.68. The lowest BCUT2D eigenvalue weighted by Gasteiger charge is -2.29. The van der Waals surface area contributed by atoms with Gasteiger partial charge in [-0.2, -0.15) is 0 Å². The summed E-state index contributed by atoms with van der Waals surface area (Å²) in [5.41, 5.74) is 8.62. The van der Waals surface area contributed by atoms with Crippen molar-refractivity contribution in [1.82, 2.24) is 9.97 Å². The first-order valence-corrected chi connectivity index (χ1v) is 8.08. The Morgan fingerprint density at radius 3 is 2.45 bits per heavy atom. The molecule has 2 aliphatic rings. The van der Waals surface area contributed by atoms with Crippen molar-refractivity contribution >= 4 is 5.95 Å². The molecule has 3 unspecified atom stereocenters. The quantitative estimate of drug-likeness (QED) is 0.917. The van der Waals surface area contributed by atoms with Crippen LogP contribution in [-0.4, -0.2) is 29.1 Å². The van der Waals surface area contributed by atoms with Gasteiger partial charge in [0.15, 0.2) is 0 Å². The van der Waals surface area contributed by atoms with Crippen molar-refractivity contribution in [2.24, 2.45) is 17.6 Å². The van der Waals surface area contributed by atoms with Gasteiger partial charge in [0.25, 0.3) is 0 Å². The number of rotatable bonds is 3. The molecule has 1 aliphatic heterocycles. The van der Waals surface area contributed by atoms with Gasteiger partial charge in [0.1, 0.15) is 0 Å². The maximum absolute atomic E-state index is 6.30. The van der Waals surface area contributed by atoms with Crippen LogP contribution in [0, 0.1) is 11.8 Å². The fraction of sp³-hybridized carbons (Fsp3) is 0.750. The van der Waals surface area contributed by atoms with Crippen LogP contribution in [0.15, 0.2) is 6.07 Å². The number of nitrogens with two attached hydrogens (primary N) is 1. The topological polar surface area (TPSA) is 55.0 Å². The standard InChI is InChI=1S/C16H26N4/c1-3-12-8-13(4-2)19-16(18-12)20-9-11-6-5-7-15(17)14(11)10-20/h8,11,14-15H,3-7,9-10,17H2,1-2H3. The van der Waals surface area contributed by atoms with E-state index >= 15 is 0 Å². The van der Waals surface area contributed by atoms with Gasteiger partial charge in [-0.25, -0.2) is 9.97 Å². The van der Waals surface area contributed by atoms with E-state index in [9.17, 15) is 0 Å². The van der Waals surface area contributed by atoms with Gasteiger partial charge < -0.3 is 10.6 Å². The van der Waals surface area contributed by atoms with E-state index in [1.54, 1.807) is 0 Å². The van der Waals surface area contributed by atoms with Crippen LogP contribution in [-0.2, 0) is 12.8 Å². The SMILES string of the molecule is CCc1cc(CC)nc(N2CC3CCCC(N)C3C2)n1. The van der Waals surface area contributed by atoms with E-state index in [1.165, 1.54) is 19.3 Å². The molecule has 3 atom stereocenters. The van der Waals surface area contributed by atoms with Gasteiger partial charge in [0, 0.05) is 30.5 Å². The van der Waals surface area contributed by atoms with Crippen molar-refractivity contribution in [3.05, 3.63) is 17.5 Å². The lowest BCUT2D eigenvalue weighted by Crippen LogP contribution is -2.38. The summed E-state index contributed by atoms with van der Waals surface area (Å²) in [4.78, 5) is 11.9. The second-order valence-corrected chi connectivity index (χ2v) is 6.28. The second-order valence-electron chi connectivity index (χ2n) is 6.28. The first-order chi connectivity index (χ1) is 9.71. The van der Waals surface area contributed by atoms with E-state index in [0.29, 0.717) is 12.0 Å². The Kier molecular flexibility index (Phi) is 3.92. The Bertz CT molecular complexity index is 451. The molecule has 1 aromatic heterocycles. The Labute approximate surface area is 121 Å². The highest BCUT2D eigenvalue weighted by Crippen LogP contribution is 2.36. The fourth-order valence-electron chi connectivity index (χ4n) is 3.72. The summed E-state index contributed by atoms with van der Waals surface area (Å²) in [7, 11) is 0. The van der Waals surface area contributed by atoms with Crippen LogP contribution >= 0.6 is 0 Å². The normalized spacial score (nSPS) is 29.6. The van der Waals surface area contributed by atoms with E-state index in [2.05, 4.69) is 24.8 Å². The first-order valence-electron chi connectivity index (χ1n) is 8.08. The summed E-state index contributed by atoms with van der Waals surface area (Å²) in [5, 5.41) is 0. The molecular weight excluding hydrogens is 248 g/mol. The zero-order valence-corrected chi connectivity index (χ0v) is 12.7. The molecule has 0 amide bonds. The number of hydrogen-bond acceptors (Lipinski definition) is 4. The molecular formula is C16H26N4. The van der Waals surface area contributed by atoms with Gasteiger partial charge >= 0.3 is 0 Å². The largest absolute Gasteiger partial charge is 0.340 e. The molecule has 2 heterocycles. The van der Waals surface area contributed by atoms with Gasteiger partial charge in [-0.15, -0.1) is 0 Å². The fourth-order valence-corrected chi connectivity index (χ4v) is 3.72. The molecule has 1 saturated carbocycles. The Morgan fingerprint density at radius 1 is 1.15 bits per heavy atom. The lowest BCUT2D eigenvalue weighted by atomic mass is 9.78. The highest BCUT2D eigenvalue weighted by atomic mass is 15.3. The third-order valence-electron chi connectivity index (χ3n) is 4.98. The van der Waals surface area contributed by atoms with Crippen molar-refractivity contribution in [1.29, 1.82) is 0 Å². The van der Waals surface area contributed by atoms with Crippen LogP contribution in [0.3, 0.4) is 0 Å². The van der Waals surface area contributed by atoms with Gasteiger partial charge in [0.2, 0.25) is 5.95 Å². The number of aryl methyl sites for hydroxylation is 2. The molecule has 1 saturated heterocycles. The van der Waals surface area contributed by atoms with Crippen LogP contribution in [0.1, 0.15) is 44.5 Å². The third kappa shape index (κ3) is 2.53. The summed E-state index contributed by atoms with van der Waals surface area (Å²) in [6.07, 6.45) is 5.74. The lowest BCUT2D eigenvalue weighted by molar-refractivity contribution is 0.260. The molecule has 0 radical (unpaired) electrons. The number of nitrogens with zero attached hydrogens (tertiary/aromatic N) is 3. The van der Waals surface area contributed by atoms with Crippen LogP contribution in [0.4, 0.5) is 5.95 Å². The van der Waals surface area contributed by atoms with Crippen molar-refractivity contribution < 1.29 is 0 Å². The molecule has 1 aliphatic carbocycles. The average molecular weight is 274 g/mol. The Hall–Kier alpha value is -1.16. The molecule has 4 nitrogen and oxygen atoms in total. The minimum Gasteiger partial charge on any atom is -0.340 e. The van der Waals surface area contributed by atoms with Gasteiger partial charge in [-0.3, -0.25) is 0 Å². The average Bonchev–Trinajstić information content (AvgIpc) is 2.92. The summed E-state index contributed by atoms with van der Waals surface area (Å²) < 4.78 is 0. The molecule has 110 valence electrons. The molecule has 4 heteroatoms. The highest BCUT2D eigenvalue weighted by Gasteiger charge is 2.39. The zero-order valence-electron chi connectivity index (χ0n) is 12.7. The maximum Gasteiger partial charge on any atom is 0.225 e. The molecule has 0 aromatic carbocycles. The predicted octanol–water partition coefficient (Wildman–Crippen LogP) is 2.17.